The van der Waals surface area contributed by atoms with Crippen LogP contribution in [0.3, 0.4) is 0 Å². The Morgan fingerprint density at radius 2 is 1.76 bits per heavy atom. The Hall–Kier alpha value is -2.26. The summed E-state index contributed by atoms with van der Waals surface area (Å²) in [6.07, 6.45) is 0. The van der Waals surface area contributed by atoms with Gasteiger partial charge in [0.25, 0.3) is 0 Å². The number of aromatic amines is 1. The van der Waals surface area contributed by atoms with Crippen LogP contribution in [-0.2, 0) is 0 Å². The molecule has 0 radical (unpaired) electrons. The van der Waals surface area contributed by atoms with E-state index in [9.17, 15) is 4.79 Å². The number of anilines is 2. The van der Waals surface area contributed by atoms with Crippen LogP contribution in [0.5, 0.6) is 0 Å². The highest BCUT2D eigenvalue weighted by Gasteiger charge is 2.09. The highest BCUT2D eigenvalue weighted by molar-refractivity contribution is 6.30. The van der Waals surface area contributed by atoms with Crippen molar-refractivity contribution in [1.29, 1.82) is 0 Å². The summed E-state index contributed by atoms with van der Waals surface area (Å²) in [4.78, 5) is 15.8. The van der Waals surface area contributed by atoms with Gasteiger partial charge >= 0.3 is 0 Å². The quantitative estimate of drug-likeness (QED) is 0.729. The van der Waals surface area contributed by atoms with Crippen molar-refractivity contribution in [2.75, 3.05) is 5.32 Å². The van der Waals surface area contributed by atoms with Gasteiger partial charge in [-0.05, 0) is 49.7 Å². The van der Waals surface area contributed by atoms with Crippen molar-refractivity contribution < 1.29 is 0 Å². The number of rotatable bonds is 2. The van der Waals surface area contributed by atoms with Gasteiger partial charge < -0.3 is 10.3 Å². The normalized spacial score (nSPS) is 10.8. The number of benzene rings is 2. The Balaban J connectivity index is 2.14. The number of H-pyrrole nitrogens is 1. The molecule has 4 heteroatoms. The van der Waals surface area contributed by atoms with E-state index in [1.54, 1.807) is 0 Å². The summed E-state index contributed by atoms with van der Waals surface area (Å²) >= 11 is 5.88. The molecule has 2 N–H and O–H groups in total. The molecule has 0 unspecified atom stereocenters. The minimum Gasteiger partial charge on any atom is -0.341 e. The fourth-order valence-electron chi connectivity index (χ4n) is 2.36. The number of hydrogen-bond donors (Lipinski definition) is 2. The van der Waals surface area contributed by atoms with E-state index in [1.807, 2.05) is 56.3 Å². The third-order valence-corrected chi connectivity index (χ3v) is 3.85. The van der Waals surface area contributed by atoms with E-state index < -0.39 is 0 Å². The van der Waals surface area contributed by atoms with Crippen molar-refractivity contribution in [3.63, 3.8) is 0 Å². The van der Waals surface area contributed by atoms with Crippen LogP contribution >= 0.6 is 11.6 Å². The summed E-state index contributed by atoms with van der Waals surface area (Å²) in [5.74, 6) is 0.712. The minimum atomic E-state index is 0.0453. The first kappa shape index (κ1) is 13.7. The molecule has 0 aliphatic carbocycles. The van der Waals surface area contributed by atoms with Crippen LogP contribution in [0, 0.1) is 13.8 Å². The van der Waals surface area contributed by atoms with E-state index >= 15 is 0 Å². The van der Waals surface area contributed by atoms with Gasteiger partial charge in [0, 0.05) is 21.7 Å². The molecule has 0 spiro atoms. The van der Waals surface area contributed by atoms with E-state index in [1.165, 1.54) is 0 Å². The van der Waals surface area contributed by atoms with Crippen molar-refractivity contribution in [3.05, 3.63) is 68.8 Å². The lowest BCUT2D eigenvalue weighted by atomic mass is 10.1. The van der Waals surface area contributed by atoms with Gasteiger partial charge in [-0.1, -0.05) is 23.7 Å². The number of halogens is 1. The number of pyridine rings is 1. The third kappa shape index (κ3) is 2.52. The molecule has 0 bridgehead atoms. The first-order chi connectivity index (χ1) is 10.1. The van der Waals surface area contributed by atoms with Crippen LogP contribution < -0.4 is 10.7 Å². The van der Waals surface area contributed by atoms with Crippen molar-refractivity contribution in [2.24, 2.45) is 0 Å². The molecule has 0 aliphatic heterocycles. The van der Waals surface area contributed by atoms with Gasteiger partial charge in [-0.2, -0.15) is 0 Å². The SMILES string of the molecule is Cc1c(Nc2ccc(Cl)cc2)[nH]c2c(C)cccc2c1=O. The number of nitrogens with one attached hydrogen (secondary N) is 2. The van der Waals surface area contributed by atoms with Gasteiger partial charge in [-0.15, -0.1) is 0 Å². The molecular weight excluding hydrogens is 284 g/mol. The molecule has 2 aromatic carbocycles. The average Bonchev–Trinajstić information content (AvgIpc) is 2.48. The zero-order chi connectivity index (χ0) is 15.0. The number of para-hydroxylation sites is 1. The van der Waals surface area contributed by atoms with Crippen molar-refractivity contribution in [2.45, 2.75) is 13.8 Å². The second-order valence-electron chi connectivity index (χ2n) is 5.08. The van der Waals surface area contributed by atoms with E-state index in [0.717, 1.165) is 16.8 Å². The van der Waals surface area contributed by atoms with Crippen molar-refractivity contribution in [3.8, 4) is 0 Å². The number of aromatic nitrogens is 1. The maximum atomic E-state index is 12.5. The molecule has 3 nitrogen and oxygen atoms in total. The lowest BCUT2D eigenvalue weighted by molar-refractivity contribution is 1.27. The summed E-state index contributed by atoms with van der Waals surface area (Å²) in [7, 11) is 0. The Morgan fingerprint density at radius 1 is 1.05 bits per heavy atom. The van der Waals surface area contributed by atoms with Gasteiger partial charge in [0.05, 0.1) is 5.52 Å². The van der Waals surface area contributed by atoms with Crippen LogP contribution in [0.1, 0.15) is 11.1 Å². The van der Waals surface area contributed by atoms with Crippen LogP contribution in [0.15, 0.2) is 47.3 Å². The zero-order valence-corrected chi connectivity index (χ0v) is 12.6. The fraction of sp³-hybridized carbons (Fsp3) is 0.118. The molecule has 0 amide bonds. The molecule has 0 fully saturated rings. The van der Waals surface area contributed by atoms with E-state index in [4.69, 9.17) is 11.6 Å². The topological polar surface area (TPSA) is 44.9 Å². The largest absolute Gasteiger partial charge is 0.341 e. The lowest BCUT2D eigenvalue weighted by Crippen LogP contribution is -2.11. The van der Waals surface area contributed by atoms with Crippen LogP contribution in [-0.4, -0.2) is 4.98 Å². The summed E-state index contributed by atoms with van der Waals surface area (Å²) in [5.41, 5.74) is 3.51. The smallest absolute Gasteiger partial charge is 0.194 e. The number of fused-ring (bicyclic) bond motifs is 1. The Bertz CT molecular complexity index is 866. The minimum absolute atomic E-state index is 0.0453. The second-order valence-corrected chi connectivity index (χ2v) is 5.52. The first-order valence-electron chi connectivity index (χ1n) is 6.71. The highest BCUT2D eigenvalue weighted by Crippen LogP contribution is 2.22. The third-order valence-electron chi connectivity index (χ3n) is 3.60. The van der Waals surface area contributed by atoms with Gasteiger partial charge in [-0.3, -0.25) is 4.79 Å². The molecule has 1 heterocycles. The van der Waals surface area contributed by atoms with Crippen molar-refractivity contribution >= 4 is 34.0 Å². The van der Waals surface area contributed by atoms with E-state index in [2.05, 4.69) is 10.3 Å². The molecule has 106 valence electrons. The fourth-order valence-corrected chi connectivity index (χ4v) is 2.49. The lowest BCUT2D eigenvalue weighted by Gasteiger charge is -2.12. The number of aryl methyl sites for hydroxylation is 1. The molecule has 0 aliphatic rings. The Morgan fingerprint density at radius 3 is 2.48 bits per heavy atom. The predicted molar refractivity (Wildman–Crippen MR) is 88.8 cm³/mol. The molecule has 3 rings (SSSR count). The van der Waals surface area contributed by atoms with Crippen LogP contribution in [0.25, 0.3) is 10.9 Å². The monoisotopic (exact) mass is 298 g/mol. The van der Waals surface area contributed by atoms with Gasteiger partial charge in [-0.25, -0.2) is 0 Å². The highest BCUT2D eigenvalue weighted by atomic mass is 35.5. The molecule has 3 aromatic rings. The molecule has 1 aromatic heterocycles. The van der Waals surface area contributed by atoms with Crippen LogP contribution in [0.2, 0.25) is 5.02 Å². The van der Waals surface area contributed by atoms with Crippen molar-refractivity contribution in [1.82, 2.24) is 4.98 Å². The Kier molecular flexibility index (Phi) is 3.43. The molecule has 0 atom stereocenters. The summed E-state index contributed by atoms with van der Waals surface area (Å²) in [5, 5.41) is 4.64. The predicted octanol–water partition coefficient (Wildman–Crippen LogP) is 4.54. The second kappa shape index (κ2) is 5.26. The van der Waals surface area contributed by atoms with Crippen LogP contribution in [0.4, 0.5) is 11.5 Å². The van der Waals surface area contributed by atoms with Gasteiger partial charge in [0.2, 0.25) is 0 Å². The maximum absolute atomic E-state index is 12.5. The first-order valence-corrected chi connectivity index (χ1v) is 7.09. The zero-order valence-electron chi connectivity index (χ0n) is 11.8. The summed E-state index contributed by atoms with van der Waals surface area (Å²) in [6.45, 7) is 3.80. The van der Waals surface area contributed by atoms with E-state index in [-0.39, 0.29) is 5.43 Å². The molecule has 21 heavy (non-hydrogen) atoms. The van der Waals surface area contributed by atoms with Gasteiger partial charge in [0.15, 0.2) is 5.43 Å². The molecule has 0 saturated heterocycles. The number of hydrogen-bond acceptors (Lipinski definition) is 2. The summed E-state index contributed by atoms with van der Waals surface area (Å²) < 4.78 is 0. The molecule has 0 saturated carbocycles. The van der Waals surface area contributed by atoms with Gasteiger partial charge in [0.1, 0.15) is 5.82 Å². The van der Waals surface area contributed by atoms with E-state index in [0.29, 0.717) is 21.8 Å². The standard InChI is InChI=1S/C17H15ClN2O/c1-10-4-3-5-14-15(10)20-17(11(2)16(14)21)19-13-8-6-12(18)7-9-13/h3-9H,1-2H3,(H2,19,20,21). The average molecular weight is 299 g/mol. The Labute approximate surface area is 127 Å². The summed E-state index contributed by atoms with van der Waals surface area (Å²) in [6, 6.07) is 13.1. The maximum Gasteiger partial charge on any atom is 0.194 e. The molecular formula is C17H15ClN2O.